The van der Waals surface area contributed by atoms with Crippen molar-refractivity contribution in [3.05, 3.63) is 136 Å². The Hall–Kier alpha value is -4.41. The van der Waals surface area contributed by atoms with Crippen LogP contribution in [0.5, 0.6) is 5.75 Å². The van der Waals surface area contributed by atoms with E-state index in [1.807, 2.05) is 81.4 Å². The molecule has 2 amide bonds. The number of nitrogens with zero attached hydrogens (tertiary/aromatic N) is 1. The van der Waals surface area contributed by atoms with Gasteiger partial charge in [0, 0.05) is 5.56 Å². The maximum Gasteiger partial charge on any atom is 0.343 e. The highest BCUT2D eigenvalue weighted by molar-refractivity contribution is 9.10. The highest BCUT2D eigenvalue weighted by Crippen LogP contribution is 2.70. The van der Waals surface area contributed by atoms with E-state index in [0.29, 0.717) is 5.56 Å². The number of alkyl halides is 2. The average molecular weight is 800 g/mol. The molecule has 50 heavy (non-hydrogen) atoms. The van der Waals surface area contributed by atoms with Gasteiger partial charge in [-0.2, -0.15) is 0 Å². The number of Topliss-reactive ketones (excluding diaryl/α,β-unsaturated/α-hetero) is 1. The Labute approximate surface area is 306 Å². The number of amides is 2. The van der Waals surface area contributed by atoms with Crippen molar-refractivity contribution < 1.29 is 33.4 Å². The molecule has 4 aromatic rings. The molecule has 3 aliphatic carbocycles. The number of aryl methyl sites for hydroxylation is 1. The molecule has 254 valence electrons. The van der Waals surface area contributed by atoms with Crippen LogP contribution in [0.25, 0.3) is 0 Å². The fraction of sp³-hybridized carbons (Fsp3) is 0.275. The topological polar surface area (TPSA) is 107 Å². The van der Waals surface area contributed by atoms with Crippen LogP contribution in [-0.4, -0.2) is 47.1 Å². The monoisotopic (exact) mass is 797 g/mol. The van der Waals surface area contributed by atoms with Crippen molar-refractivity contribution in [1.29, 1.82) is 0 Å². The predicted molar refractivity (Wildman–Crippen MR) is 192 cm³/mol. The van der Waals surface area contributed by atoms with E-state index in [2.05, 4.69) is 31.9 Å². The molecule has 8 nitrogen and oxygen atoms in total. The molecule has 2 bridgehead atoms. The number of esters is 2. The first-order valence-corrected chi connectivity index (χ1v) is 18.0. The minimum absolute atomic E-state index is 0.0800. The van der Waals surface area contributed by atoms with Gasteiger partial charge in [0.15, 0.2) is 12.4 Å². The van der Waals surface area contributed by atoms with E-state index in [4.69, 9.17) is 9.47 Å². The largest absolute Gasteiger partial charge is 0.456 e. The third-order valence-electron chi connectivity index (χ3n) is 9.92. The Morgan fingerprint density at radius 3 is 1.64 bits per heavy atom. The van der Waals surface area contributed by atoms with Crippen molar-refractivity contribution in [3.8, 4) is 5.75 Å². The summed E-state index contributed by atoms with van der Waals surface area (Å²) >= 11 is 7.99. The van der Waals surface area contributed by atoms with Crippen LogP contribution in [0.1, 0.15) is 68.8 Å². The molecule has 8 rings (SSSR count). The Bertz CT molecular complexity index is 1940. The molecule has 1 fully saturated rings. The molecule has 10 heteroatoms. The molecular weight excluding hydrogens is 766 g/mol. The maximum atomic E-state index is 14.6. The first-order chi connectivity index (χ1) is 23.9. The summed E-state index contributed by atoms with van der Waals surface area (Å²) in [5, 5.41) is 0. The zero-order valence-electron chi connectivity index (χ0n) is 27.5. The van der Waals surface area contributed by atoms with E-state index < -0.39 is 62.7 Å². The van der Waals surface area contributed by atoms with E-state index >= 15 is 0 Å². The van der Waals surface area contributed by atoms with E-state index in [0.717, 1.165) is 32.7 Å². The lowest BCUT2D eigenvalue weighted by molar-refractivity contribution is -0.159. The van der Waals surface area contributed by atoms with Crippen LogP contribution < -0.4 is 4.74 Å². The van der Waals surface area contributed by atoms with Gasteiger partial charge in [-0.3, -0.25) is 19.3 Å². The molecule has 1 heterocycles. The van der Waals surface area contributed by atoms with Crippen molar-refractivity contribution >= 4 is 61.4 Å². The van der Waals surface area contributed by atoms with Gasteiger partial charge in [0.05, 0.1) is 26.0 Å². The summed E-state index contributed by atoms with van der Waals surface area (Å²) in [6.45, 7) is 5.11. The number of hydrogen-bond donors (Lipinski definition) is 0. The van der Waals surface area contributed by atoms with Crippen LogP contribution >= 0.6 is 31.9 Å². The van der Waals surface area contributed by atoms with Crippen molar-refractivity contribution in [3.63, 3.8) is 0 Å². The lowest BCUT2D eigenvalue weighted by Crippen LogP contribution is -2.56. The van der Waals surface area contributed by atoms with Crippen LogP contribution in [0, 0.1) is 24.7 Å². The minimum Gasteiger partial charge on any atom is -0.456 e. The number of benzene rings is 4. The molecule has 1 saturated heterocycles. The van der Waals surface area contributed by atoms with Crippen LogP contribution in [0.4, 0.5) is 0 Å². The lowest BCUT2D eigenvalue weighted by Gasteiger charge is -2.55. The van der Waals surface area contributed by atoms with E-state index in [1.54, 1.807) is 12.1 Å². The zero-order chi connectivity index (χ0) is 35.5. The molecule has 0 aromatic heterocycles. The Kier molecular flexibility index (Phi) is 8.67. The van der Waals surface area contributed by atoms with Crippen LogP contribution in [0.2, 0.25) is 0 Å². The number of likely N-dealkylation sites (tertiary alicyclic amines) is 1. The molecule has 1 aliphatic heterocycles. The summed E-state index contributed by atoms with van der Waals surface area (Å²) in [6.07, 6.45) is 0.162. The molecule has 4 aliphatic rings. The van der Waals surface area contributed by atoms with Gasteiger partial charge in [0.1, 0.15) is 11.8 Å². The first-order valence-electron chi connectivity index (χ1n) is 16.4. The highest BCUT2D eigenvalue weighted by Gasteiger charge is 2.73. The second kappa shape index (κ2) is 12.7. The average Bonchev–Trinajstić information content (AvgIpc) is 3.39. The number of carbonyl (C=O) groups is 5. The standard InChI is InChI=1S/C40H33Br2NO7/c1-22(2)20-31(38(48)49-21-32(44)24-16-18-26(19-17-24)50-37(47)25-14-12-23(3)13-15-25)43-35(45)33-34(36(43)46)40(42)28-9-5-4-8-27(28)39(33,41)29-10-6-7-11-30(29)40/h4-19,22,31,33-34H,20-21H2,1-3H3. The number of carbonyl (C=O) groups excluding carboxylic acids is 5. The summed E-state index contributed by atoms with van der Waals surface area (Å²) in [6, 6.07) is 27.2. The summed E-state index contributed by atoms with van der Waals surface area (Å²) < 4.78 is 8.98. The van der Waals surface area contributed by atoms with Gasteiger partial charge in [-0.05, 0) is 77.9 Å². The number of imide groups is 1. The fourth-order valence-corrected chi connectivity index (χ4v) is 9.93. The maximum absolute atomic E-state index is 14.6. The number of hydrogen-bond acceptors (Lipinski definition) is 7. The SMILES string of the molecule is Cc1ccc(C(=O)Oc2ccc(C(=O)COC(=O)C(CC(C)C)N3C(=O)C4C(C3=O)C3(Br)c5ccccc5C4(Br)c4ccccc43)cc2)cc1. The third-order valence-corrected chi connectivity index (χ3v) is 12.6. The Morgan fingerprint density at radius 2 is 1.18 bits per heavy atom. The van der Waals surface area contributed by atoms with E-state index in [9.17, 15) is 24.0 Å². The molecule has 0 radical (unpaired) electrons. The quantitative estimate of drug-likeness (QED) is 0.0577. The van der Waals surface area contributed by atoms with Crippen molar-refractivity contribution in [2.45, 2.75) is 41.9 Å². The fourth-order valence-electron chi connectivity index (χ4n) is 7.63. The molecule has 0 saturated carbocycles. The third kappa shape index (κ3) is 5.26. The molecule has 0 spiro atoms. The normalized spacial score (nSPS) is 23.6. The summed E-state index contributed by atoms with van der Waals surface area (Å²) in [7, 11) is 0. The summed E-state index contributed by atoms with van der Waals surface area (Å²) in [5.74, 6) is -4.27. The number of halogens is 2. The van der Waals surface area contributed by atoms with Crippen molar-refractivity contribution in [1.82, 2.24) is 4.90 Å². The number of ether oxygens (including phenoxy) is 2. The molecule has 3 unspecified atom stereocenters. The first kappa shape index (κ1) is 34.1. The minimum atomic E-state index is -1.23. The number of rotatable bonds is 9. The van der Waals surface area contributed by atoms with Gasteiger partial charge in [-0.1, -0.05) is 112 Å². The highest BCUT2D eigenvalue weighted by atomic mass is 79.9. The zero-order valence-corrected chi connectivity index (χ0v) is 30.7. The molecular formula is C40H33Br2NO7. The smallest absolute Gasteiger partial charge is 0.343 e. The predicted octanol–water partition coefficient (Wildman–Crippen LogP) is 7.26. The Balaban J connectivity index is 1.11. The van der Waals surface area contributed by atoms with Gasteiger partial charge in [-0.15, -0.1) is 0 Å². The second-order valence-electron chi connectivity index (χ2n) is 13.5. The van der Waals surface area contributed by atoms with Gasteiger partial charge < -0.3 is 9.47 Å². The molecule has 3 atom stereocenters. The van der Waals surface area contributed by atoms with Gasteiger partial charge in [0.2, 0.25) is 11.8 Å². The van der Waals surface area contributed by atoms with Gasteiger partial charge >= 0.3 is 11.9 Å². The number of ketones is 1. The summed E-state index contributed by atoms with van der Waals surface area (Å²) in [4.78, 5) is 69.6. The van der Waals surface area contributed by atoms with Crippen LogP contribution in [0.3, 0.4) is 0 Å². The van der Waals surface area contributed by atoms with Gasteiger partial charge in [-0.25, -0.2) is 9.59 Å². The van der Waals surface area contributed by atoms with E-state index in [1.165, 1.54) is 24.3 Å². The van der Waals surface area contributed by atoms with Crippen molar-refractivity contribution in [2.75, 3.05) is 6.61 Å². The van der Waals surface area contributed by atoms with Crippen LogP contribution in [0.15, 0.2) is 97.1 Å². The van der Waals surface area contributed by atoms with E-state index in [-0.39, 0.29) is 23.7 Å². The van der Waals surface area contributed by atoms with Crippen LogP contribution in [-0.2, 0) is 27.8 Å². The van der Waals surface area contributed by atoms with Gasteiger partial charge in [0.25, 0.3) is 0 Å². The molecule has 4 aromatic carbocycles. The summed E-state index contributed by atoms with van der Waals surface area (Å²) in [5.41, 5.74) is 5.22. The second-order valence-corrected chi connectivity index (χ2v) is 16.0. The Morgan fingerprint density at radius 1 is 0.720 bits per heavy atom. The van der Waals surface area contributed by atoms with Crippen molar-refractivity contribution in [2.24, 2.45) is 17.8 Å². The molecule has 0 N–H and O–H groups in total. The lowest BCUT2D eigenvalue weighted by atomic mass is 9.54.